The van der Waals surface area contributed by atoms with Crippen molar-refractivity contribution in [2.75, 3.05) is 6.54 Å². The van der Waals surface area contributed by atoms with Gasteiger partial charge in [-0.1, -0.05) is 12.1 Å². The zero-order chi connectivity index (χ0) is 19.7. The molecule has 0 aliphatic carbocycles. The summed E-state index contributed by atoms with van der Waals surface area (Å²) in [7, 11) is 0. The molecule has 0 atom stereocenters. The fourth-order valence-corrected chi connectivity index (χ4v) is 3.41. The number of nitrogens with zero attached hydrogens (tertiary/aromatic N) is 4. The van der Waals surface area contributed by atoms with Crippen molar-refractivity contribution < 1.29 is 17.6 Å². The van der Waals surface area contributed by atoms with Crippen LogP contribution in [0.5, 0.6) is 0 Å². The normalized spacial score (nSPS) is 14.9. The molecular weight excluding hydrogens is 372 g/mol. The number of fused-ring (bicyclic) bond motifs is 1. The minimum absolute atomic E-state index is 0.264. The lowest BCUT2D eigenvalue weighted by atomic mass is 10.1. The van der Waals surface area contributed by atoms with Crippen molar-refractivity contribution in [2.45, 2.75) is 32.2 Å². The molecule has 4 nitrogen and oxygen atoms in total. The third-order valence-corrected chi connectivity index (χ3v) is 4.84. The van der Waals surface area contributed by atoms with Crippen molar-refractivity contribution in [1.29, 1.82) is 0 Å². The molecule has 0 amide bonds. The average molecular weight is 390 g/mol. The zero-order valence-corrected chi connectivity index (χ0v) is 15.0. The van der Waals surface area contributed by atoms with Gasteiger partial charge in [-0.2, -0.15) is 13.2 Å². The molecule has 0 saturated carbocycles. The van der Waals surface area contributed by atoms with Crippen molar-refractivity contribution in [3.63, 3.8) is 0 Å². The van der Waals surface area contributed by atoms with E-state index in [1.54, 1.807) is 12.1 Å². The van der Waals surface area contributed by atoms with Gasteiger partial charge in [0.25, 0.3) is 0 Å². The van der Waals surface area contributed by atoms with E-state index in [2.05, 4.69) is 19.4 Å². The Hall–Kier alpha value is -2.74. The van der Waals surface area contributed by atoms with Gasteiger partial charge in [0.1, 0.15) is 5.82 Å². The number of halogens is 4. The van der Waals surface area contributed by atoms with Crippen LogP contribution in [0.1, 0.15) is 28.3 Å². The molecule has 146 valence electrons. The number of alkyl halides is 3. The van der Waals surface area contributed by atoms with Gasteiger partial charge in [-0.25, -0.2) is 14.4 Å². The van der Waals surface area contributed by atoms with Crippen molar-refractivity contribution in [3.8, 4) is 0 Å². The summed E-state index contributed by atoms with van der Waals surface area (Å²) in [5.41, 5.74) is 3.28. The quantitative estimate of drug-likeness (QED) is 0.631. The van der Waals surface area contributed by atoms with Crippen molar-refractivity contribution in [2.24, 2.45) is 0 Å². The number of benzene rings is 1. The van der Waals surface area contributed by atoms with Gasteiger partial charge in [0, 0.05) is 56.3 Å². The molecule has 0 unspecified atom stereocenters. The lowest BCUT2D eigenvalue weighted by Gasteiger charge is -2.28. The molecule has 0 radical (unpaired) electrons. The summed E-state index contributed by atoms with van der Waals surface area (Å²) >= 11 is 0. The maximum atomic E-state index is 13.1. The lowest BCUT2D eigenvalue weighted by Crippen LogP contribution is -2.32. The third kappa shape index (κ3) is 4.06. The molecule has 0 N–H and O–H groups in total. The van der Waals surface area contributed by atoms with E-state index in [-0.39, 0.29) is 5.82 Å². The monoisotopic (exact) mass is 390 g/mol. The first-order valence-corrected chi connectivity index (χ1v) is 8.91. The first-order chi connectivity index (χ1) is 13.4. The predicted octanol–water partition coefficient (Wildman–Crippen LogP) is 4.04. The number of rotatable bonds is 4. The van der Waals surface area contributed by atoms with E-state index in [1.165, 1.54) is 18.3 Å². The van der Waals surface area contributed by atoms with Gasteiger partial charge in [-0.3, -0.25) is 4.90 Å². The molecule has 1 aliphatic heterocycles. The Balaban J connectivity index is 1.45. The van der Waals surface area contributed by atoms with E-state index in [0.717, 1.165) is 16.8 Å². The van der Waals surface area contributed by atoms with Crippen LogP contribution in [0.15, 0.2) is 48.8 Å². The van der Waals surface area contributed by atoms with Gasteiger partial charge in [0.15, 0.2) is 0 Å². The van der Waals surface area contributed by atoms with E-state index in [0.29, 0.717) is 38.3 Å². The fourth-order valence-electron chi connectivity index (χ4n) is 3.41. The second-order valence-corrected chi connectivity index (χ2v) is 6.88. The summed E-state index contributed by atoms with van der Waals surface area (Å²) in [5.74, 6) is -1.34. The molecule has 1 aromatic carbocycles. The summed E-state index contributed by atoms with van der Waals surface area (Å²) in [6.07, 6.45) is -0.808. The van der Waals surface area contributed by atoms with Gasteiger partial charge in [-0.05, 0) is 29.8 Å². The van der Waals surface area contributed by atoms with Crippen LogP contribution in [0.3, 0.4) is 0 Å². The summed E-state index contributed by atoms with van der Waals surface area (Å²) < 4.78 is 53.5. The molecule has 8 heteroatoms. The van der Waals surface area contributed by atoms with Crippen LogP contribution in [0.2, 0.25) is 0 Å². The van der Waals surface area contributed by atoms with E-state index < -0.39 is 12.0 Å². The average Bonchev–Trinajstić information content (AvgIpc) is 3.09. The van der Waals surface area contributed by atoms with Gasteiger partial charge in [-0.15, -0.1) is 0 Å². The second kappa shape index (κ2) is 7.35. The third-order valence-electron chi connectivity index (χ3n) is 4.84. The molecular formula is C20H18F4N4. The van der Waals surface area contributed by atoms with Gasteiger partial charge >= 0.3 is 6.18 Å². The van der Waals surface area contributed by atoms with Crippen LogP contribution >= 0.6 is 0 Å². The van der Waals surface area contributed by atoms with Crippen LogP contribution < -0.4 is 0 Å². The molecule has 1 aliphatic rings. The van der Waals surface area contributed by atoms with E-state index in [4.69, 9.17) is 0 Å². The molecule has 3 heterocycles. The van der Waals surface area contributed by atoms with Crippen LogP contribution in [-0.2, 0) is 32.2 Å². The summed E-state index contributed by atoms with van der Waals surface area (Å²) in [6, 6.07) is 10.4. The Bertz CT molecular complexity index is 963. The summed E-state index contributed by atoms with van der Waals surface area (Å²) in [6.45, 7) is 2.43. The van der Waals surface area contributed by atoms with Crippen LogP contribution in [0.4, 0.5) is 17.6 Å². The van der Waals surface area contributed by atoms with Crippen LogP contribution in [-0.4, -0.2) is 26.0 Å². The molecule has 0 bridgehead atoms. The molecule has 2 aromatic heterocycles. The maximum absolute atomic E-state index is 13.1. The Morgan fingerprint density at radius 3 is 2.57 bits per heavy atom. The number of hydrogen-bond acceptors (Lipinski definition) is 3. The second-order valence-electron chi connectivity index (χ2n) is 6.88. The highest BCUT2D eigenvalue weighted by Crippen LogP contribution is 2.28. The Morgan fingerprint density at radius 2 is 1.82 bits per heavy atom. The first kappa shape index (κ1) is 18.6. The van der Waals surface area contributed by atoms with Crippen LogP contribution in [0, 0.1) is 5.82 Å². The van der Waals surface area contributed by atoms with Crippen molar-refractivity contribution in [1.82, 2.24) is 19.4 Å². The standard InChI is InChI=1S/C20H18F4N4/c21-16-5-3-14(4-6-16)11-28-8-1-2-17(28)13-27-9-7-18-15(12-27)10-25-19(26-18)20(22,23)24/h1-6,8,10H,7,9,11-13H2. The Labute approximate surface area is 159 Å². The topological polar surface area (TPSA) is 34.0 Å². The maximum Gasteiger partial charge on any atom is 0.451 e. The SMILES string of the molecule is Fc1ccc(Cn2cccc2CN2CCc3nc(C(F)(F)F)ncc3C2)cc1. The minimum Gasteiger partial charge on any atom is -0.346 e. The molecule has 4 rings (SSSR count). The largest absolute Gasteiger partial charge is 0.451 e. The molecule has 3 aromatic rings. The van der Waals surface area contributed by atoms with Crippen molar-refractivity contribution >= 4 is 0 Å². The van der Waals surface area contributed by atoms with Gasteiger partial charge < -0.3 is 4.57 Å². The molecule has 0 spiro atoms. The molecule has 28 heavy (non-hydrogen) atoms. The Kier molecular flexibility index (Phi) is 4.89. The lowest BCUT2D eigenvalue weighted by molar-refractivity contribution is -0.145. The minimum atomic E-state index is -4.52. The highest BCUT2D eigenvalue weighted by atomic mass is 19.4. The Morgan fingerprint density at radius 1 is 1.04 bits per heavy atom. The smallest absolute Gasteiger partial charge is 0.346 e. The number of aromatic nitrogens is 3. The summed E-state index contributed by atoms with van der Waals surface area (Å²) in [4.78, 5) is 9.34. The highest BCUT2D eigenvalue weighted by Gasteiger charge is 2.35. The molecule has 0 saturated heterocycles. The van der Waals surface area contributed by atoms with E-state index in [1.807, 2.05) is 18.3 Å². The van der Waals surface area contributed by atoms with Gasteiger partial charge in [0.05, 0.1) is 5.69 Å². The van der Waals surface area contributed by atoms with Crippen molar-refractivity contribution in [3.05, 3.63) is 82.9 Å². The fraction of sp³-hybridized carbons (Fsp3) is 0.300. The van der Waals surface area contributed by atoms with Crippen LogP contribution in [0.25, 0.3) is 0 Å². The predicted molar refractivity (Wildman–Crippen MR) is 94.8 cm³/mol. The van der Waals surface area contributed by atoms with Gasteiger partial charge in [0.2, 0.25) is 5.82 Å². The molecule has 0 fully saturated rings. The highest BCUT2D eigenvalue weighted by molar-refractivity contribution is 5.22. The van der Waals surface area contributed by atoms with E-state index in [9.17, 15) is 17.6 Å². The number of hydrogen-bond donors (Lipinski definition) is 0. The van der Waals surface area contributed by atoms with E-state index >= 15 is 0 Å². The zero-order valence-electron chi connectivity index (χ0n) is 15.0. The summed E-state index contributed by atoms with van der Waals surface area (Å²) in [5, 5.41) is 0. The first-order valence-electron chi connectivity index (χ1n) is 8.91.